The monoisotopic (exact) mass is 379 g/mol. The minimum Gasteiger partial charge on any atom is -0.396 e. The fourth-order valence-electron chi connectivity index (χ4n) is 1.89. The number of benzene rings is 1. The average molecular weight is 380 g/mol. The van der Waals surface area contributed by atoms with Crippen LogP contribution in [0.3, 0.4) is 0 Å². The van der Waals surface area contributed by atoms with E-state index in [0.29, 0.717) is 10.6 Å². The number of nitrogens with one attached hydrogen (secondary N) is 1. The summed E-state index contributed by atoms with van der Waals surface area (Å²) < 4.78 is 38.7. The first kappa shape index (κ1) is 18.2. The van der Waals surface area contributed by atoms with Crippen molar-refractivity contribution < 1.29 is 18.0 Å². The number of nitrogens with two attached hydrogens (primary N) is 1. The van der Waals surface area contributed by atoms with Gasteiger partial charge in [-0.2, -0.15) is 13.2 Å². The molecule has 0 unspecified atom stereocenters. The number of nitrogens with zero attached hydrogens (tertiary/aromatic N) is 1. The highest BCUT2D eigenvalue weighted by Gasteiger charge is 2.34. The smallest absolute Gasteiger partial charge is 0.396 e. The predicted molar refractivity (Wildman–Crippen MR) is 85.2 cm³/mol. The fraction of sp³-hybridized carbons (Fsp3) is 0.143. The van der Waals surface area contributed by atoms with Crippen LogP contribution in [-0.2, 0) is 17.5 Å². The lowest BCUT2D eigenvalue weighted by atomic mass is 10.2. The number of carbonyl (C=O) groups is 1. The molecule has 3 N–H and O–H groups in total. The predicted octanol–water partition coefficient (Wildman–Crippen LogP) is 3.39. The summed E-state index contributed by atoms with van der Waals surface area (Å²) in [6.07, 6.45) is -3.71. The molecule has 0 fully saturated rings. The van der Waals surface area contributed by atoms with Gasteiger partial charge in [0.05, 0.1) is 15.7 Å². The van der Waals surface area contributed by atoms with Gasteiger partial charge in [-0.15, -0.1) is 0 Å². The van der Waals surface area contributed by atoms with Crippen LogP contribution in [0.2, 0.25) is 10.0 Å². The highest BCUT2D eigenvalue weighted by atomic mass is 35.5. The van der Waals surface area contributed by atoms with E-state index in [1.165, 1.54) is 12.1 Å². The van der Waals surface area contributed by atoms with Gasteiger partial charge in [-0.25, -0.2) is 0 Å². The number of aromatic nitrogens is 1. The lowest BCUT2D eigenvalue weighted by Crippen LogP contribution is -2.31. The number of pyridine rings is 1. The molecule has 1 heterocycles. The number of amides is 1. The summed E-state index contributed by atoms with van der Waals surface area (Å²) in [6, 6.07) is 4.34. The number of halogens is 5. The zero-order chi connectivity index (χ0) is 18.1. The van der Waals surface area contributed by atoms with Crippen LogP contribution in [0.25, 0.3) is 0 Å². The molecule has 10 heteroatoms. The minimum absolute atomic E-state index is 0.106. The van der Waals surface area contributed by atoms with Crippen molar-refractivity contribution in [3.05, 3.63) is 56.4 Å². The molecular formula is C14H10Cl2F3N3O2. The summed E-state index contributed by atoms with van der Waals surface area (Å²) in [5.41, 5.74) is 3.22. The molecule has 0 aliphatic rings. The summed E-state index contributed by atoms with van der Waals surface area (Å²) in [7, 11) is 0. The molecule has 128 valence electrons. The second kappa shape index (κ2) is 6.74. The van der Waals surface area contributed by atoms with Gasteiger partial charge in [-0.1, -0.05) is 23.2 Å². The van der Waals surface area contributed by atoms with E-state index >= 15 is 0 Å². The Morgan fingerprint density at radius 2 is 1.83 bits per heavy atom. The number of carbonyl (C=O) groups excluding carboxylic acids is 1. The van der Waals surface area contributed by atoms with Crippen LogP contribution < -0.4 is 16.6 Å². The summed E-state index contributed by atoms with van der Waals surface area (Å²) in [4.78, 5) is 23.7. The van der Waals surface area contributed by atoms with Gasteiger partial charge in [-0.3, -0.25) is 9.59 Å². The van der Waals surface area contributed by atoms with Crippen molar-refractivity contribution in [2.75, 3.05) is 11.1 Å². The third kappa shape index (κ3) is 4.01. The number of nitrogen functional groups attached to an aromatic ring is 1. The molecule has 0 saturated carbocycles. The minimum atomic E-state index is -4.80. The van der Waals surface area contributed by atoms with Gasteiger partial charge >= 0.3 is 6.18 Å². The topological polar surface area (TPSA) is 77.1 Å². The van der Waals surface area contributed by atoms with Gasteiger partial charge < -0.3 is 15.6 Å². The number of alkyl halides is 3. The molecule has 2 aromatic rings. The van der Waals surface area contributed by atoms with Crippen LogP contribution in [0.4, 0.5) is 24.5 Å². The molecular weight excluding hydrogens is 370 g/mol. The molecule has 2 rings (SSSR count). The highest BCUT2D eigenvalue weighted by Crippen LogP contribution is 2.31. The molecule has 0 saturated heterocycles. The molecule has 0 bridgehead atoms. The lowest BCUT2D eigenvalue weighted by molar-refractivity contribution is -0.139. The fourth-order valence-corrected chi connectivity index (χ4v) is 2.38. The van der Waals surface area contributed by atoms with Crippen LogP contribution in [0.1, 0.15) is 5.56 Å². The molecule has 0 spiro atoms. The first-order chi connectivity index (χ1) is 11.1. The second-order valence-electron chi connectivity index (χ2n) is 4.75. The summed E-state index contributed by atoms with van der Waals surface area (Å²) in [5.74, 6) is -0.728. The Balaban J connectivity index is 2.21. The first-order valence-corrected chi connectivity index (χ1v) is 7.16. The molecule has 0 aliphatic carbocycles. The van der Waals surface area contributed by atoms with Crippen LogP contribution in [0, 0.1) is 0 Å². The SMILES string of the molecule is Nc1c(Cl)cc(NC(=O)Cn2cccc(C(F)(F)F)c2=O)cc1Cl. The molecule has 1 amide bonds. The van der Waals surface area contributed by atoms with Crippen molar-refractivity contribution in [1.82, 2.24) is 4.57 Å². The van der Waals surface area contributed by atoms with E-state index in [4.69, 9.17) is 28.9 Å². The average Bonchev–Trinajstić information content (AvgIpc) is 2.45. The molecule has 0 atom stereocenters. The number of hydrogen-bond donors (Lipinski definition) is 2. The quantitative estimate of drug-likeness (QED) is 0.802. The van der Waals surface area contributed by atoms with E-state index in [-0.39, 0.29) is 21.4 Å². The van der Waals surface area contributed by atoms with Crippen LogP contribution in [-0.4, -0.2) is 10.5 Å². The van der Waals surface area contributed by atoms with E-state index in [0.717, 1.165) is 12.3 Å². The van der Waals surface area contributed by atoms with E-state index in [1.54, 1.807) is 0 Å². The Bertz CT molecular complexity index is 827. The van der Waals surface area contributed by atoms with Gasteiger partial charge in [0.1, 0.15) is 12.1 Å². The standard InChI is InChI=1S/C14H10Cl2F3N3O2/c15-9-4-7(5-10(16)12(9)20)21-11(23)6-22-3-1-2-8(13(22)24)14(17,18)19/h1-5H,6,20H2,(H,21,23). The summed E-state index contributed by atoms with van der Waals surface area (Å²) in [5, 5.41) is 2.59. The van der Waals surface area contributed by atoms with Crippen LogP contribution in [0.5, 0.6) is 0 Å². The van der Waals surface area contributed by atoms with E-state index in [2.05, 4.69) is 5.32 Å². The largest absolute Gasteiger partial charge is 0.421 e. The first-order valence-electron chi connectivity index (χ1n) is 6.40. The molecule has 0 aliphatic heterocycles. The third-order valence-electron chi connectivity index (χ3n) is 3.00. The number of anilines is 2. The van der Waals surface area contributed by atoms with E-state index < -0.39 is 29.8 Å². The Hall–Kier alpha value is -2.19. The van der Waals surface area contributed by atoms with Gasteiger partial charge in [0.25, 0.3) is 5.56 Å². The van der Waals surface area contributed by atoms with Crippen LogP contribution >= 0.6 is 23.2 Å². The van der Waals surface area contributed by atoms with Gasteiger partial charge in [0, 0.05) is 11.9 Å². The Labute approximate surface area is 143 Å². The zero-order valence-corrected chi connectivity index (χ0v) is 13.3. The van der Waals surface area contributed by atoms with Crippen molar-refractivity contribution in [2.45, 2.75) is 12.7 Å². The number of hydrogen-bond acceptors (Lipinski definition) is 3. The van der Waals surface area contributed by atoms with Crippen molar-refractivity contribution in [1.29, 1.82) is 0 Å². The van der Waals surface area contributed by atoms with Gasteiger partial charge in [-0.05, 0) is 24.3 Å². The molecule has 5 nitrogen and oxygen atoms in total. The van der Waals surface area contributed by atoms with Crippen molar-refractivity contribution in [3.63, 3.8) is 0 Å². The Kier molecular flexibility index (Phi) is 5.10. The zero-order valence-electron chi connectivity index (χ0n) is 11.8. The maximum atomic E-state index is 12.7. The van der Waals surface area contributed by atoms with Gasteiger partial charge in [0.2, 0.25) is 5.91 Å². The maximum absolute atomic E-state index is 12.7. The van der Waals surface area contributed by atoms with Crippen molar-refractivity contribution in [3.8, 4) is 0 Å². The highest BCUT2D eigenvalue weighted by molar-refractivity contribution is 6.39. The molecule has 24 heavy (non-hydrogen) atoms. The third-order valence-corrected chi connectivity index (χ3v) is 3.63. The number of rotatable bonds is 3. The van der Waals surface area contributed by atoms with Crippen molar-refractivity contribution >= 4 is 40.5 Å². The Morgan fingerprint density at radius 1 is 1.25 bits per heavy atom. The molecule has 0 radical (unpaired) electrons. The molecule has 1 aromatic carbocycles. The van der Waals surface area contributed by atoms with Gasteiger partial charge in [0.15, 0.2) is 0 Å². The summed E-state index contributed by atoms with van der Waals surface area (Å²) in [6.45, 7) is -0.609. The summed E-state index contributed by atoms with van der Waals surface area (Å²) >= 11 is 11.6. The second-order valence-corrected chi connectivity index (χ2v) is 5.57. The van der Waals surface area contributed by atoms with Crippen LogP contribution in [0.15, 0.2) is 35.3 Å². The lowest BCUT2D eigenvalue weighted by Gasteiger charge is -2.11. The van der Waals surface area contributed by atoms with E-state index in [1.807, 2.05) is 0 Å². The van der Waals surface area contributed by atoms with E-state index in [9.17, 15) is 22.8 Å². The molecule has 1 aromatic heterocycles. The normalized spacial score (nSPS) is 11.4. The van der Waals surface area contributed by atoms with Crippen molar-refractivity contribution in [2.24, 2.45) is 0 Å². The Morgan fingerprint density at radius 3 is 2.38 bits per heavy atom. The maximum Gasteiger partial charge on any atom is 0.421 e.